The van der Waals surface area contributed by atoms with Gasteiger partial charge in [-0.1, -0.05) is 36.4 Å². The number of nitrogens with zero attached hydrogens (tertiary/aromatic N) is 1. The first kappa shape index (κ1) is 28.3. The number of nitrogens with one attached hydrogen (secondary N) is 1. The molecule has 2 aromatic carbocycles. The SMILES string of the molecule is CN1C(=O)Cc2ccc(-c3ccc(C[C@H](CC(=O)C4(NC(=O)OC(C)(C)C)CCOCC4)C(N)=O)cc3)cc21. The van der Waals surface area contributed by atoms with Crippen molar-refractivity contribution in [3.63, 3.8) is 0 Å². The van der Waals surface area contributed by atoms with Crippen molar-refractivity contribution in [3.05, 3.63) is 53.6 Å². The zero-order valence-electron chi connectivity index (χ0n) is 23.0. The molecule has 2 aliphatic rings. The molecule has 3 N–H and O–H groups in total. The number of benzene rings is 2. The van der Waals surface area contributed by atoms with E-state index in [0.29, 0.717) is 38.9 Å². The van der Waals surface area contributed by atoms with Gasteiger partial charge >= 0.3 is 6.09 Å². The lowest BCUT2D eigenvalue weighted by atomic mass is 9.80. The summed E-state index contributed by atoms with van der Waals surface area (Å²) in [5, 5.41) is 2.78. The Morgan fingerprint density at radius 3 is 2.33 bits per heavy atom. The highest BCUT2D eigenvalue weighted by Crippen LogP contribution is 2.33. The van der Waals surface area contributed by atoms with Crippen molar-refractivity contribution in [1.29, 1.82) is 0 Å². The number of amides is 3. The van der Waals surface area contributed by atoms with Gasteiger partial charge in [-0.25, -0.2) is 4.79 Å². The maximum absolute atomic E-state index is 13.5. The van der Waals surface area contributed by atoms with Crippen LogP contribution in [0.3, 0.4) is 0 Å². The van der Waals surface area contributed by atoms with Gasteiger partial charge in [0.25, 0.3) is 0 Å². The third-order valence-electron chi connectivity index (χ3n) is 7.39. The Morgan fingerprint density at radius 2 is 1.72 bits per heavy atom. The number of likely N-dealkylation sites (N-methyl/N-ethyl adjacent to an activating group) is 1. The molecule has 2 aliphatic heterocycles. The van der Waals surface area contributed by atoms with E-state index >= 15 is 0 Å². The minimum absolute atomic E-state index is 0.0772. The third kappa shape index (κ3) is 6.65. The summed E-state index contributed by atoms with van der Waals surface area (Å²) >= 11 is 0. The van der Waals surface area contributed by atoms with Crippen molar-refractivity contribution in [3.8, 4) is 11.1 Å². The highest BCUT2D eigenvalue weighted by molar-refractivity contribution is 6.01. The van der Waals surface area contributed by atoms with Crippen LogP contribution in [-0.2, 0) is 36.7 Å². The molecule has 1 atom stereocenters. The van der Waals surface area contributed by atoms with Crippen molar-refractivity contribution >= 4 is 29.4 Å². The van der Waals surface area contributed by atoms with Crippen molar-refractivity contribution in [1.82, 2.24) is 5.32 Å². The van der Waals surface area contributed by atoms with E-state index in [9.17, 15) is 19.2 Å². The molecule has 2 aromatic rings. The van der Waals surface area contributed by atoms with E-state index < -0.39 is 29.1 Å². The molecule has 9 heteroatoms. The lowest BCUT2D eigenvalue weighted by Gasteiger charge is -2.37. The highest BCUT2D eigenvalue weighted by Gasteiger charge is 2.43. The molecule has 0 radical (unpaired) electrons. The van der Waals surface area contributed by atoms with E-state index in [2.05, 4.69) is 5.32 Å². The number of Topliss-reactive ketones (excluding diaryl/α,β-unsaturated/α-hetero) is 1. The van der Waals surface area contributed by atoms with E-state index in [1.807, 2.05) is 42.5 Å². The van der Waals surface area contributed by atoms with Crippen molar-refractivity contribution < 1.29 is 28.7 Å². The van der Waals surface area contributed by atoms with E-state index in [1.165, 1.54) is 0 Å². The lowest BCUT2D eigenvalue weighted by molar-refractivity contribution is -0.133. The van der Waals surface area contributed by atoms with Crippen molar-refractivity contribution in [2.45, 2.75) is 64.0 Å². The first-order valence-corrected chi connectivity index (χ1v) is 13.3. The number of ketones is 1. The molecule has 0 bridgehead atoms. The molecule has 0 spiro atoms. The summed E-state index contributed by atoms with van der Waals surface area (Å²) in [4.78, 5) is 52.2. The summed E-state index contributed by atoms with van der Waals surface area (Å²) in [5.74, 6) is -1.48. The molecular weight excluding hydrogens is 498 g/mol. The van der Waals surface area contributed by atoms with Gasteiger partial charge in [0, 0.05) is 51.1 Å². The predicted octanol–water partition coefficient (Wildman–Crippen LogP) is 3.55. The number of primary amides is 1. The van der Waals surface area contributed by atoms with Gasteiger partial charge in [-0.05, 0) is 55.5 Å². The van der Waals surface area contributed by atoms with Crippen LogP contribution in [0, 0.1) is 5.92 Å². The zero-order chi connectivity index (χ0) is 28.4. The Labute approximate surface area is 229 Å². The zero-order valence-corrected chi connectivity index (χ0v) is 23.0. The number of carbonyl (C=O) groups excluding carboxylic acids is 4. The number of alkyl carbamates (subject to hydrolysis) is 1. The fraction of sp³-hybridized carbons (Fsp3) is 0.467. The summed E-state index contributed by atoms with van der Waals surface area (Å²) < 4.78 is 10.8. The monoisotopic (exact) mass is 535 g/mol. The number of rotatable bonds is 8. The van der Waals surface area contributed by atoms with Gasteiger partial charge in [0.15, 0.2) is 5.78 Å². The van der Waals surface area contributed by atoms with E-state index in [4.69, 9.17) is 15.2 Å². The second kappa shape index (κ2) is 11.2. The van der Waals surface area contributed by atoms with Crippen LogP contribution in [0.5, 0.6) is 0 Å². The number of ether oxygens (including phenoxy) is 2. The Balaban J connectivity index is 1.46. The Hall–Kier alpha value is -3.72. The molecular formula is C30H37N3O6. The number of nitrogens with two attached hydrogens (primary N) is 1. The largest absolute Gasteiger partial charge is 0.444 e. The first-order valence-electron chi connectivity index (χ1n) is 13.3. The van der Waals surface area contributed by atoms with Crippen LogP contribution in [0.25, 0.3) is 11.1 Å². The molecule has 0 unspecified atom stereocenters. The molecule has 3 amide bonds. The highest BCUT2D eigenvalue weighted by atomic mass is 16.6. The van der Waals surface area contributed by atoms with Crippen LogP contribution < -0.4 is 16.0 Å². The molecule has 0 aromatic heterocycles. The van der Waals surface area contributed by atoms with Crippen LogP contribution in [0.1, 0.15) is 51.2 Å². The summed E-state index contributed by atoms with van der Waals surface area (Å²) in [6.07, 6.45) is 0.533. The number of anilines is 1. The fourth-order valence-corrected chi connectivity index (χ4v) is 5.12. The standard InChI is InChI=1S/C30H37N3O6/c1-29(2,3)39-28(37)32-30(11-13-38-14-12-30)25(34)17-23(27(31)36)15-19-5-7-20(8-6-19)21-9-10-22-18-26(35)33(4)24(22)16-21/h5-10,16,23H,11-15,17-18H2,1-4H3,(H2,31,36)(H,32,37)/t23-/m1/s1. The Morgan fingerprint density at radius 1 is 1.08 bits per heavy atom. The Kier molecular flexibility index (Phi) is 8.11. The molecule has 1 saturated heterocycles. The molecule has 0 aliphatic carbocycles. The summed E-state index contributed by atoms with van der Waals surface area (Å²) in [7, 11) is 1.78. The molecule has 4 rings (SSSR count). The fourth-order valence-electron chi connectivity index (χ4n) is 5.12. The van der Waals surface area contributed by atoms with Gasteiger partial charge in [-0.3, -0.25) is 14.4 Å². The topological polar surface area (TPSA) is 128 Å². The van der Waals surface area contributed by atoms with Crippen LogP contribution >= 0.6 is 0 Å². The molecule has 0 saturated carbocycles. The van der Waals surface area contributed by atoms with Crippen LogP contribution in [-0.4, -0.2) is 55.1 Å². The lowest BCUT2D eigenvalue weighted by Crippen LogP contribution is -2.58. The number of carbonyl (C=O) groups is 4. The van der Waals surface area contributed by atoms with Gasteiger partial charge in [0.2, 0.25) is 11.8 Å². The van der Waals surface area contributed by atoms with Crippen molar-refractivity contribution in [2.24, 2.45) is 11.7 Å². The second-order valence-electron chi connectivity index (χ2n) is 11.4. The van der Waals surface area contributed by atoms with Crippen LogP contribution in [0.4, 0.5) is 10.5 Å². The van der Waals surface area contributed by atoms with E-state index in [0.717, 1.165) is 27.9 Å². The molecule has 9 nitrogen and oxygen atoms in total. The van der Waals surface area contributed by atoms with Gasteiger partial charge in [0.1, 0.15) is 11.1 Å². The normalized spacial score (nSPS) is 17.3. The molecule has 39 heavy (non-hydrogen) atoms. The number of fused-ring (bicyclic) bond motifs is 1. The van der Waals surface area contributed by atoms with Gasteiger partial charge in [-0.2, -0.15) is 0 Å². The maximum Gasteiger partial charge on any atom is 0.408 e. The van der Waals surface area contributed by atoms with Gasteiger partial charge < -0.3 is 25.4 Å². The second-order valence-corrected chi connectivity index (χ2v) is 11.4. The number of hydrogen-bond donors (Lipinski definition) is 2. The molecule has 2 heterocycles. The molecule has 208 valence electrons. The quantitative estimate of drug-likeness (QED) is 0.532. The minimum atomic E-state index is -1.17. The summed E-state index contributed by atoms with van der Waals surface area (Å²) in [5.41, 5.74) is 8.60. The van der Waals surface area contributed by atoms with Crippen molar-refractivity contribution in [2.75, 3.05) is 25.2 Å². The average molecular weight is 536 g/mol. The number of hydrogen-bond acceptors (Lipinski definition) is 6. The van der Waals surface area contributed by atoms with Crippen LogP contribution in [0.2, 0.25) is 0 Å². The summed E-state index contributed by atoms with van der Waals surface area (Å²) in [6, 6.07) is 13.7. The first-order chi connectivity index (χ1) is 18.4. The van der Waals surface area contributed by atoms with E-state index in [1.54, 1.807) is 32.7 Å². The average Bonchev–Trinajstić information content (AvgIpc) is 3.16. The van der Waals surface area contributed by atoms with Gasteiger partial charge in [0.05, 0.1) is 6.42 Å². The maximum atomic E-state index is 13.5. The third-order valence-corrected chi connectivity index (χ3v) is 7.39. The smallest absolute Gasteiger partial charge is 0.408 e. The van der Waals surface area contributed by atoms with E-state index in [-0.39, 0.29) is 18.1 Å². The predicted molar refractivity (Wildman–Crippen MR) is 147 cm³/mol. The molecule has 1 fully saturated rings. The Bertz CT molecular complexity index is 1260. The minimum Gasteiger partial charge on any atom is -0.444 e. The van der Waals surface area contributed by atoms with Crippen LogP contribution in [0.15, 0.2) is 42.5 Å². The van der Waals surface area contributed by atoms with Gasteiger partial charge in [-0.15, -0.1) is 0 Å². The summed E-state index contributed by atoms with van der Waals surface area (Å²) in [6.45, 7) is 5.89.